The number of oxime groups is 1. The summed E-state index contributed by atoms with van der Waals surface area (Å²) in [6, 6.07) is 4.48. The number of hydrogen-bond donors (Lipinski definition) is 3. The Hall–Kier alpha value is -3.35. The van der Waals surface area contributed by atoms with Crippen molar-refractivity contribution in [2.24, 2.45) is 15.9 Å². The number of nitriles is 1. The number of nitrogens with one attached hydrogen (secondary N) is 1. The maximum atomic E-state index is 12.4. The number of nitrogens with two attached hydrogens (primary N) is 1. The maximum Gasteiger partial charge on any atom is 0.388 e. The number of ether oxygens (including phenoxy) is 1. The first kappa shape index (κ1) is 17.0. The predicted octanol–water partition coefficient (Wildman–Crippen LogP) is 1.59. The van der Waals surface area contributed by atoms with Crippen molar-refractivity contribution in [3.8, 4) is 11.9 Å². The van der Waals surface area contributed by atoms with Crippen LogP contribution in [0.5, 0.6) is 5.88 Å². The molecule has 1 aromatic heterocycles. The molecule has 10 heteroatoms. The van der Waals surface area contributed by atoms with Crippen LogP contribution in [0.15, 0.2) is 33.6 Å². The lowest BCUT2D eigenvalue weighted by Crippen LogP contribution is -2.29. The summed E-state index contributed by atoms with van der Waals surface area (Å²) < 4.78 is 29.0. The van der Waals surface area contributed by atoms with Gasteiger partial charge in [0.25, 0.3) is 0 Å². The Morgan fingerprint density at radius 1 is 1.50 bits per heavy atom. The Morgan fingerprint density at radius 2 is 2.21 bits per heavy atom. The Balaban J connectivity index is 2.38. The van der Waals surface area contributed by atoms with Gasteiger partial charge in [-0.15, -0.1) is 0 Å². The number of halogens is 2. The molecule has 2 heterocycles. The van der Waals surface area contributed by atoms with Gasteiger partial charge in [-0.1, -0.05) is 5.16 Å². The average Bonchev–Trinajstić information content (AvgIpc) is 2.54. The highest BCUT2D eigenvalue weighted by atomic mass is 19.3. The van der Waals surface area contributed by atoms with E-state index in [9.17, 15) is 8.78 Å². The number of dihydropyridines is 1. The van der Waals surface area contributed by atoms with Crippen LogP contribution in [-0.4, -0.2) is 34.1 Å². The van der Waals surface area contributed by atoms with Crippen molar-refractivity contribution in [3.05, 3.63) is 34.7 Å². The fourth-order valence-electron chi connectivity index (χ4n) is 2.06. The molecule has 24 heavy (non-hydrogen) atoms. The normalized spacial score (nSPS) is 16.4. The van der Waals surface area contributed by atoms with Gasteiger partial charge < -0.3 is 15.7 Å². The summed E-state index contributed by atoms with van der Waals surface area (Å²) in [5.74, 6) is -0.703. The number of pyridine rings is 1. The lowest BCUT2D eigenvalue weighted by molar-refractivity contribution is -0.0531. The highest BCUT2D eigenvalue weighted by molar-refractivity contribution is 6.50. The molecular weight excluding hydrogens is 322 g/mol. The number of amidine groups is 1. The second kappa shape index (κ2) is 6.82. The number of hydrogen-bond acceptors (Lipinski definition) is 7. The van der Waals surface area contributed by atoms with Crippen LogP contribution in [-0.2, 0) is 6.42 Å². The van der Waals surface area contributed by atoms with Crippen molar-refractivity contribution in [2.75, 3.05) is 0 Å². The zero-order chi connectivity index (χ0) is 17.9. The van der Waals surface area contributed by atoms with Gasteiger partial charge in [0.15, 0.2) is 0 Å². The molecule has 4 N–H and O–H groups in total. The summed E-state index contributed by atoms with van der Waals surface area (Å²) in [7, 11) is 0. The van der Waals surface area contributed by atoms with E-state index in [2.05, 4.69) is 19.9 Å². The lowest BCUT2D eigenvalue weighted by Gasteiger charge is -2.17. The molecule has 0 aromatic carbocycles. The van der Waals surface area contributed by atoms with Crippen LogP contribution in [0.3, 0.4) is 0 Å². The van der Waals surface area contributed by atoms with E-state index in [1.807, 2.05) is 0 Å². The van der Waals surface area contributed by atoms with E-state index in [1.54, 1.807) is 13.0 Å². The average molecular weight is 334 g/mol. The first-order valence-electron chi connectivity index (χ1n) is 6.57. The highest BCUT2D eigenvalue weighted by Gasteiger charge is 2.23. The summed E-state index contributed by atoms with van der Waals surface area (Å²) in [5.41, 5.74) is 6.65. The monoisotopic (exact) mass is 334 g/mol. The van der Waals surface area contributed by atoms with Crippen LogP contribution >= 0.6 is 0 Å². The van der Waals surface area contributed by atoms with Crippen LogP contribution in [0.4, 0.5) is 8.78 Å². The molecule has 0 aliphatic carbocycles. The summed E-state index contributed by atoms with van der Waals surface area (Å²) in [4.78, 5) is 7.83. The summed E-state index contributed by atoms with van der Waals surface area (Å²) in [5, 5.41) is 28.3. The Kier molecular flexibility index (Phi) is 4.84. The summed E-state index contributed by atoms with van der Waals surface area (Å²) in [6.07, 6.45) is 0.0769. The van der Waals surface area contributed by atoms with Crippen LogP contribution in [0, 0.1) is 16.7 Å². The van der Waals surface area contributed by atoms with E-state index in [4.69, 9.17) is 21.6 Å². The zero-order valence-electron chi connectivity index (χ0n) is 12.4. The Bertz CT molecular complexity index is 823. The van der Waals surface area contributed by atoms with Gasteiger partial charge in [-0.05, 0) is 19.1 Å². The quantitative estimate of drug-likeness (QED) is 0.566. The van der Waals surface area contributed by atoms with Crippen molar-refractivity contribution in [1.29, 1.82) is 10.7 Å². The molecule has 0 bridgehead atoms. The predicted molar refractivity (Wildman–Crippen MR) is 80.6 cm³/mol. The topological polar surface area (TPSA) is 141 Å². The fraction of sp³-hybridized carbons (Fsp3) is 0.214. The minimum Gasteiger partial charge on any atom is -0.415 e. The molecule has 0 amide bonds. The fourth-order valence-corrected chi connectivity index (χ4v) is 2.06. The van der Waals surface area contributed by atoms with Gasteiger partial charge in [0.2, 0.25) is 11.7 Å². The molecule has 2 rings (SSSR count). The van der Waals surface area contributed by atoms with Gasteiger partial charge in [0, 0.05) is 23.4 Å². The van der Waals surface area contributed by atoms with Gasteiger partial charge >= 0.3 is 6.61 Å². The van der Waals surface area contributed by atoms with Crippen molar-refractivity contribution < 1.29 is 18.7 Å². The molecule has 0 radical (unpaired) electrons. The van der Waals surface area contributed by atoms with E-state index in [-0.39, 0.29) is 29.2 Å². The molecule has 1 aliphatic rings. The van der Waals surface area contributed by atoms with E-state index in [0.717, 1.165) is 0 Å². The number of nitrogens with zero attached hydrogens (tertiary/aromatic N) is 4. The van der Waals surface area contributed by atoms with Crippen molar-refractivity contribution in [2.45, 2.75) is 20.0 Å². The van der Waals surface area contributed by atoms with Crippen LogP contribution in [0.25, 0.3) is 0 Å². The maximum absolute atomic E-state index is 12.4. The molecular formula is C14H12F2N6O2. The number of rotatable bonds is 4. The molecule has 0 saturated heterocycles. The third-order valence-electron chi connectivity index (χ3n) is 3.22. The smallest absolute Gasteiger partial charge is 0.388 e. The first-order valence-corrected chi connectivity index (χ1v) is 6.57. The minimum absolute atomic E-state index is 0.0396. The summed E-state index contributed by atoms with van der Waals surface area (Å²) in [6.45, 7) is -1.52. The van der Waals surface area contributed by atoms with E-state index < -0.39 is 12.5 Å². The molecule has 0 atom stereocenters. The molecule has 0 fully saturated rings. The molecule has 1 aliphatic heterocycles. The van der Waals surface area contributed by atoms with Gasteiger partial charge in [-0.25, -0.2) is 9.98 Å². The number of alkyl halides is 2. The Labute approximate surface area is 135 Å². The standard InChI is InChI=1S/C14H12F2N6O2/c1-6-9(10(18)11(19)12(20-6)22-23)4-8-3-2-7(5-17)13(21-8)24-14(15)16/h2-3,14,19,23H,4,18H2,1H3/b19-11?,22-12+. The van der Waals surface area contributed by atoms with E-state index in [1.165, 1.54) is 12.1 Å². The molecule has 124 valence electrons. The third-order valence-corrected chi connectivity index (χ3v) is 3.22. The summed E-state index contributed by atoms with van der Waals surface area (Å²) >= 11 is 0. The third kappa shape index (κ3) is 3.35. The van der Waals surface area contributed by atoms with Crippen molar-refractivity contribution in [3.63, 3.8) is 0 Å². The second-order valence-electron chi connectivity index (χ2n) is 4.71. The minimum atomic E-state index is -3.11. The van der Waals surface area contributed by atoms with E-state index >= 15 is 0 Å². The van der Waals surface area contributed by atoms with Gasteiger partial charge in [-0.3, -0.25) is 5.41 Å². The van der Waals surface area contributed by atoms with Gasteiger partial charge in [-0.2, -0.15) is 14.0 Å². The van der Waals surface area contributed by atoms with Crippen LogP contribution in [0.2, 0.25) is 0 Å². The highest BCUT2D eigenvalue weighted by Crippen LogP contribution is 2.21. The number of aliphatic imine (C=N–C) groups is 1. The number of aromatic nitrogens is 1. The molecule has 0 saturated carbocycles. The van der Waals surface area contributed by atoms with Gasteiger partial charge in [0.1, 0.15) is 17.3 Å². The van der Waals surface area contributed by atoms with Crippen molar-refractivity contribution >= 4 is 17.3 Å². The molecule has 0 unspecified atom stereocenters. The Morgan fingerprint density at radius 3 is 2.79 bits per heavy atom. The molecule has 8 nitrogen and oxygen atoms in total. The molecule has 1 aromatic rings. The zero-order valence-corrected chi connectivity index (χ0v) is 12.4. The van der Waals surface area contributed by atoms with Crippen molar-refractivity contribution in [1.82, 2.24) is 4.98 Å². The first-order chi connectivity index (χ1) is 11.4. The number of allylic oxidation sites excluding steroid dienone is 1. The SMILES string of the molecule is CC1=N/C(=N/O)C(=N)C(N)=C1Cc1ccc(C#N)c(OC(F)F)n1. The lowest BCUT2D eigenvalue weighted by atomic mass is 9.97. The largest absolute Gasteiger partial charge is 0.415 e. The van der Waals surface area contributed by atoms with E-state index in [0.29, 0.717) is 17.0 Å². The molecule has 0 spiro atoms. The van der Waals surface area contributed by atoms with Crippen LogP contribution in [0.1, 0.15) is 18.2 Å². The second-order valence-corrected chi connectivity index (χ2v) is 4.71. The van der Waals surface area contributed by atoms with Crippen LogP contribution < -0.4 is 10.5 Å². The van der Waals surface area contributed by atoms with Gasteiger partial charge in [0.05, 0.1) is 5.70 Å².